The van der Waals surface area contributed by atoms with Crippen LogP contribution in [0.4, 0.5) is 17.6 Å². The summed E-state index contributed by atoms with van der Waals surface area (Å²) in [5, 5.41) is -0.609. The number of hydrogen-bond donors (Lipinski definition) is 0. The van der Waals surface area contributed by atoms with Gasteiger partial charge in [0, 0.05) is 4.90 Å². The lowest BCUT2D eigenvalue weighted by atomic mass is 10.2. The predicted octanol–water partition coefficient (Wildman–Crippen LogP) is 4.22. The molecule has 0 saturated carbocycles. The van der Waals surface area contributed by atoms with Crippen LogP contribution in [0.3, 0.4) is 0 Å². The van der Waals surface area contributed by atoms with Crippen molar-refractivity contribution in [1.82, 2.24) is 0 Å². The molecular formula is C8H5ClF4S. The van der Waals surface area contributed by atoms with E-state index in [2.05, 4.69) is 0 Å². The molecular weight excluding hydrogens is 240 g/mol. The van der Waals surface area contributed by atoms with Gasteiger partial charge in [0.25, 0.3) is 0 Å². The van der Waals surface area contributed by atoms with Crippen LogP contribution in [-0.2, 0) is 6.18 Å². The summed E-state index contributed by atoms with van der Waals surface area (Å²) in [6, 6.07) is 1.91. The highest BCUT2D eigenvalue weighted by Crippen LogP contribution is 2.38. The molecule has 0 fully saturated rings. The molecule has 0 aliphatic carbocycles. The van der Waals surface area contributed by atoms with E-state index in [0.29, 0.717) is 4.90 Å². The minimum Gasteiger partial charge on any atom is -0.206 e. The number of alkyl halides is 3. The van der Waals surface area contributed by atoms with E-state index < -0.39 is 22.6 Å². The molecule has 1 aromatic carbocycles. The first kappa shape index (κ1) is 11.7. The lowest BCUT2D eigenvalue weighted by Crippen LogP contribution is -2.09. The summed E-state index contributed by atoms with van der Waals surface area (Å²) in [5.41, 5.74) is -1.41. The lowest BCUT2D eigenvalue weighted by molar-refractivity contribution is -0.139. The monoisotopic (exact) mass is 244 g/mol. The second-order valence-electron chi connectivity index (χ2n) is 2.46. The van der Waals surface area contributed by atoms with Crippen molar-refractivity contribution >= 4 is 23.4 Å². The van der Waals surface area contributed by atoms with Crippen molar-refractivity contribution in [3.63, 3.8) is 0 Å². The van der Waals surface area contributed by atoms with E-state index in [1.54, 1.807) is 6.26 Å². The first-order valence-corrected chi connectivity index (χ1v) is 5.06. The third-order valence-electron chi connectivity index (χ3n) is 1.53. The Hall–Kier alpha value is -0.420. The number of benzene rings is 1. The van der Waals surface area contributed by atoms with E-state index in [1.165, 1.54) is 0 Å². The molecule has 0 atom stereocenters. The Morgan fingerprint density at radius 1 is 1.29 bits per heavy atom. The summed E-state index contributed by atoms with van der Waals surface area (Å²) in [6.07, 6.45) is -3.13. The third kappa shape index (κ3) is 2.33. The van der Waals surface area contributed by atoms with Crippen molar-refractivity contribution in [2.45, 2.75) is 11.1 Å². The maximum atomic E-state index is 13.0. The average Bonchev–Trinajstić information content (AvgIpc) is 1.99. The van der Waals surface area contributed by atoms with Crippen LogP contribution >= 0.6 is 23.4 Å². The van der Waals surface area contributed by atoms with Crippen molar-refractivity contribution in [2.75, 3.05) is 6.26 Å². The molecule has 14 heavy (non-hydrogen) atoms. The molecule has 78 valence electrons. The molecule has 0 saturated heterocycles. The molecule has 0 nitrogen and oxygen atoms in total. The molecule has 0 aliphatic heterocycles. The van der Waals surface area contributed by atoms with Crippen molar-refractivity contribution in [3.05, 3.63) is 28.5 Å². The molecule has 0 bridgehead atoms. The Morgan fingerprint density at radius 2 is 1.86 bits per heavy atom. The van der Waals surface area contributed by atoms with Gasteiger partial charge < -0.3 is 0 Å². The Kier molecular flexibility index (Phi) is 3.32. The summed E-state index contributed by atoms with van der Waals surface area (Å²) < 4.78 is 49.6. The van der Waals surface area contributed by atoms with E-state index in [-0.39, 0.29) is 0 Å². The summed E-state index contributed by atoms with van der Waals surface area (Å²) in [7, 11) is 0. The van der Waals surface area contributed by atoms with E-state index in [1.807, 2.05) is 0 Å². The van der Waals surface area contributed by atoms with Gasteiger partial charge in [0.2, 0.25) is 0 Å². The fourth-order valence-electron chi connectivity index (χ4n) is 0.939. The molecule has 6 heteroatoms. The Balaban J connectivity index is 3.33. The van der Waals surface area contributed by atoms with Crippen molar-refractivity contribution < 1.29 is 17.6 Å². The van der Waals surface area contributed by atoms with Crippen molar-refractivity contribution in [2.24, 2.45) is 0 Å². The second kappa shape index (κ2) is 3.98. The minimum absolute atomic E-state index is 0.362. The smallest absolute Gasteiger partial charge is 0.206 e. The van der Waals surface area contributed by atoms with E-state index in [0.717, 1.165) is 23.9 Å². The molecule has 0 heterocycles. The first-order valence-electron chi connectivity index (χ1n) is 3.46. The van der Waals surface area contributed by atoms with Gasteiger partial charge in [-0.3, -0.25) is 0 Å². The molecule has 0 aliphatic rings. The molecule has 0 amide bonds. The maximum Gasteiger partial charge on any atom is 0.420 e. The van der Waals surface area contributed by atoms with E-state index in [4.69, 9.17) is 11.6 Å². The van der Waals surface area contributed by atoms with Gasteiger partial charge in [-0.1, -0.05) is 11.6 Å². The zero-order valence-electron chi connectivity index (χ0n) is 6.95. The average molecular weight is 245 g/mol. The second-order valence-corrected chi connectivity index (χ2v) is 3.75. The fourth-order valence-corrected chi connectivity index (χ4v) is 1.78. The molecule has 0 radical (unpaired) electrons. The largest absolute Gasteiger partial charge is 0.420 e. The number of halogens is 5. The van der Waals surface area contributed by atoms with Gasteiger partial charge in [-0.05, 0) is 18.4 Å². The number of rotatable bonds is 1. The highest BCUT2D eigenvalue weighted by Gasteiger charge is 2.36. The van der Waals surface area contributed by atoms with Crippen LogP contribution in [0.1, 0.15) is 5.56 Å². The number of hydrogen-bond acceptors (Lipinski definition) is 1. The molecule has 0 spiro atoms. The quantitative estimate of drug-likeness (QED) is 0.527. The Bertz CT molecular complexity index is 325. The molecule has 0 aromatic heterocycles. The van der Waals surface area contributed by atoms with Gasteiger partial charge in [-0.2, -0.15) is 13.2 Å². The SMILES string of the molecule is CSc1cc(F)c(C(F)(F)F)c(Cl)c1. The number of thioether (sulfide) groups is 1. The summed E-state index contributed by atoms with van der Waals surface area (Å²) in [5.74, 6) is -1.34. The lowest BCUT2D eigenvalue weighted by Gasteiger charge is -2.10. The predicted molar refractivity (Wildman–Crippen MR) is 48.2 cm³/mol. The summed E-state index contributed by atoms with van der Waals surface area (Å²) >= 11 is 6.45. The zero-order valence-corrected chi connectivity index (χ0v) is 8.53. The van der Waals surface area contributed by atoms with Gasteiger partial charge in [0.15, 0.2) is 0 Å². The van der Waals surface area contributed by atoms with Gasteiger partial charge in [0.05, 0.1) is 5.02 Å². The molecule has 1 rings (SSSR count). The topological polar surface area (TPSA) is 0 Å². The normalized spacial score (nSPS) is 11.9. The van der Waals surface area contributed by atoms with E-state index in [9.17, 15) is 17.6 Å². The highest BCUT2D eigenvalue weighted by molar-refractivity contribution is 7.98. The molecule has 0 unspecified atom stereocenters. The van der Waals surface area contributed by atoms with Crippen LogP contribution in [0, 0.1) is 5.82 Å². The van der Waals surface area contributed by atoms with Gasteiger partial charge in [0.1, 0.15) is 11.4 Å². The van der Waals surface area contributed by atoms with Crippen LogP contribution in [0.25, 0.3) is 0 Å². The first-order chi connectivity index (χ1) is 6.36. The maximum absolute atomic E-state index is 13.0. The summed E-state index contributed by atoms with van der Waals surface area (Å²) in [4.78, 5) is 0.362. The molecule has 1 aromatic rings. The fraction of sp³-hybridized carbons (Fsp3) is 0.250. The standard InChI is InChI=1S/C8H5ClF4S/c1-14-4-2-5(9)7(6(10)3-4)8(11,12)13/h2-3H,1H3. The van der Waals surface area contributed by atoms with Crippen LogP contribution in [0.15, 0.2) is 17.0 Å². The van der Waals surface area contributed by atoms with Gasteiger partial charge in [-0.15, -0.1) is 11.8 Å². The Labute approximate surface area is 87.2 Å². The van der Waals surface area contributed by atoms with Crippen LogP contribution < -0.4 is 0 Å². The minimum atomic E-state index is -4.75. The van der Waals surface area contributed by atoms with E-state index >= 15 is 0 Å². The van der Waals surface area contributed by atoms with Gasteiger partial charge in [-0.25, -0.2) is 4.39 Å². The highest BCUT2D eigenvalue weighted by atomic mass is 35.5. The zero-order chi connectivity index (χ0) is 10.9. The van der Waals surface area contributed by atoms with Crippen LogP contribution in [0.2, 0.25) is 5.02 Å². The summed E-state index contributed by atoms with van der Waals surface area (Å²) in [6.45, 7) is 0. The van der Waals surface area contributed by atoms with Crippen LogP contribution in [-0.4, -0.2) is 6.26 Å². The molecule has 0 N–H and O–H groups in total. The van der Waals surface area contributed by atoms with Crippen molar-refractivity contribution in [3.8, 4) is 0 Å². The van der Waals surface area contributed by atoms with Crippen LogP contribution in [0.5, 0.6) is 0 Å². The van der Waals surface area contributed by atoms with Gasteiger partial charge >= 0.3 is 6.18 Å². The third-order valence-corrected chi connectivity index (χ3v) is 2.54. The van der Waals surface area contributed by atoms with Crippen molar-refractivity contribution in [1.29, 1.82) is 0 Å². The Morgan fingerprint density at radius 3 is 2.21 bits per heavy atom.